The van der Waals surface area contributed by atoms with Crippen molar-refractivity contribution in [1.29, 1.82) is 0 Å². The van der Waals surface area contributed by atoms with E-state index in [1.165, 1.54) is 10.9 Å². The third kappa shape index (κ3) is 4.05. The number of hydrogen-bond donors (Lipinski definition) is 2. The van der Waals surface area contributed by atoms with Crippen LogP contribution in [0.2, 0.25) is 0 Å². The predicted octanol–water partition coefficient (Wildman–Crippen LogP) is 0.210. The molecule has 7 nitrogen and oxygen atoms in total. The van der Waals surface area contributed by atoms with Gasteiger partial charge in [0, 0.05) is 13.1 Å². The number of nitrogens with one attached hydrogen (secondary N) is 1. The van der Waals surface area contributed by atoms with Crippen molar-refractivity contribution < 1.29 is 9.90 Å². The summed E-state index contributed by atoms with van der Waals surface area (Å²) in [5.74, 6) is -0.312. The molecule has 0 aliphatic heterocycles. The van der Waals surface area contributed by atoms with Gasteiger partial charge >= 0.3 is 5.69 Å². The summed E-state index contributed by atoms with van der Waals surface area (Å²) in [6.45, 7) is 1.68. The van der Waals surface area contributed by atoms with Crippen LogP contribution in [0.3, 0.4) is 0 Å². The number of hydrogen-bond acceptors (Lipinski definition) is 4. The van der Waals surface area contributed by atoms with E-state index in [1.54, 1.807) is 7.05 Å². The van der Waals surface area contributed by atoms with Gasteiger partial charge in [0.05, 0.1) is 6.10 Å². The monoisotopic (exact) mass is 304 g/mol. The minimum atomic E-state index is -0.644. The Balaban J connectivity index is 1.86. The summed E-state index contributed by atoms with van der Waals surface area (Å²) < 4.78 is 2.39. The number of carbonyl (C=O) groups is 1. The molecule has 0 saturated carbocycles. The summed E-state index contributed by atoms with van der Waals surface area (Å²) in [5, 5.41) is 16.7. The molecule has 0 spiro atoms. The highest BCUT2D eigenvalue weighted by Gasteiger charge is 2.15. The molecule has 0 saturated heterocycles. The summed E-state index contributed by atoms with van der Waals surface area (Å²) >= 11 is 0. The number of carbonyl (C=O) groups excluding carboxylic acids is 1. The number of aliphatic hydroxyl groups is 1. The molecule has 0 fully saturated rings. The van der Waals surface area contributed by atoms with Gasteiger partial charge in [-0.1, -0.05) is 30.3 Å². The van der Waals surface area contributed by atoms with Crippen LogP contribution in [-0.4, -0.2) is 31.4 Å². The largest absolute Gasteiger partial charge is 0.388 e. The van der Waals surface area contributed by atoms with Crippen molar-refractivity contribution in [2.24, 2.45) is 7.05 Å². The van der Waals surface area contributed by atoms with Gasteiger partial charge in [0.1, 0.15) is 12.9 Å². The van der Waals surface area contributed by atoms with E-state index in [-0.39, 0.29) is 24.2 Å². The lowest BCUT2D eigenvalue weighted by molar-refractivity contribution is -0.122. The summed E-state index contributed by atoms with van der Waals surface area (Å²) in [7, 11) is 1.57. The SMILES string of the molecule is CC(CC(O)c1ccccc1)NC(=O)Cn1ncn(C)c1=O. The number of aromatic nitrogens is 3. The second kappa shape index (κ2) is 7.04. The maximum Gasteiger partial charge on any atom is 0.345 e. The van der Waals surface area contributed by atoms with Crippen molar-refractivity contribution in [3.05, 3.63) is 52.7 Å². The van der Waals surface area contributed by atoms with Crippen LogP contribution in [-0.2, 0) is 18.4 Å². The van der Waals surface area contributed by atoms with Gasteiger partial charge < -0.3 is 10.4 Å². The fourth-order valence-corrected chi connectivity index (χ4v) is 2.19. The highest BCUT2D eigenvalue weighted by Crippen LogP contribution is 2.17. The molecular formula is C15H20N4O3. The maximum absolute atomic E-state index is 11.9. The normalized spacial score (nSPS) is 13.6. The second-order valence-corrected chi connectivity index (χ2v) is 5.31. The number of aliphatic hydroxyl groups excluding tert-OH is 1. The Bertz CT molecular complexity index is 678. The smallest absolute Gasteiger partial charge is 0.345 e. The quantitative estimate of drug-likeness (QED) is 0.798. The van der Waals surface area contributed by atoms with Crippen molar-refractivity contribution in [3.8, 4) is 0 Å². The zero-order valence-electron chi connectivity index (χ0n) is 12.6. The Hall–Kier alpha value is -2.41. The molecule has 1 amide bonds. The number of rotatable bonds is 6. The Morgan fingerprint density at radius 1 is 1.36 bits per heavy atom. The molecule has 2 N–H and O–H groups in total. The van der Waals surface area contributed by atoms with E-state index in [1.807, 2.05) is 37.3 Å². The molecule has 0 aliphatic carbocycles. The summed E-state index contributed by atoms with van der Waals surface area (Å²) in [4.78, 5) is 23.5. The van der Waals surface area contributed by atoms with E-state index >= 15 is 0 Å². The Labute approximate surface area is 128 Å². The summed E-state index contributed by atoms with van der Waals surface area (Å²) in [6, 6.07) is 9.05. The van der Waals surface area contributed by atoms with Gasteiger partial charge in [0.2, 0.25) is 5.91 Å². The van der Waals surface area contributed by atoms with Crippen LogP contribution in [0.5, 0.6) is 0 Å². The lowest BCUT2D eigenvalue weighted by atomic mass is 10.0. The average molecular weight is 304 g/mol. The first kappa shape index (κ1) is 16.0. The topological polar surface area (TPSA) is 89.2 Å². The zero-order chi connectivity index (χ0) is 16.1. The van der Waals surface area contributed by atoms with Crippen LogP contribution in [0.4, 0.5) is 0 Å². The standard InChI is InChI=1S/C15H20N4O3/c1-11(8-13(20)12-6-4-3-5-7-12)17-14(21)9-19-15(22)18(2)10-16-19/h3-7,10-11,13,20H,8-9H2,1-2H3,(H,17,21). The van der Waals surface area contributed by atoms with Crippen LogP contribution in [0.15, 0.2) is 41.5 Å². The molecule has 2 aromatic rings. The van der Waals surface area contributed by atoms with Gasteiger partial charge in [0.15, 0.2) is 0 Å². The number of nitrogens with zero attached hydrogens (tertiary/aromatic N) is 3. The van der Waals surface area contributed by atoms with E-state index in [4.69, 9.17) is 0 Å². The number of aryl methyl sites for hydroxylation is 1. The van der Waals surface area contributed by atoms with Crippen molar-refractivity contribution >= 4 is 5.91 Å². The molecule has 22 heavy (non-hydrogen) atoms. The van der Waals surface area contributed by atoms with Gasteiger partial charge in [-0.25, -0.2) is 9.48 Å². The van der Waals surface area contributed by atoms with Crippen LogP contribution in [0, 0.1) is 0 Å². The van der Waals surface area contributed by atoms with E-state index in [0.29, 0.717) is 6.42 Å². The fraction of sp³-hybridized carbons (Fsp3) is 0.400. The molecule has 1 aromatic heterocycles. The third-order valence-corrected chi connectivity index (χ3v) is 3.35. The van der Waals surface area contributed by atoms with Crippen LogP contribution in [0.25, 0.3) is 0 Å². The van der Waals surface area contributed by atoms with Crippen molar-refractivity contribution in [2.45, 2.75) is 32.0 Å². The molecule has 0 bridgehead atoms. The lowest BCUT2D eigenvalue weighted by Gasteiger charge is -2.18. The van der Waals surface area contributed by atoms with Crippen molar-refractivity contribution in [2.75, 3.05) is 0 Å². The predicted molar refractivity (Wildman–Crippen MR) is 81.1 cm³/mol. The fourth-order valence-electron chi connectivity index (χ4n) is 2.19. The van der Waals surface area contributed by atoms with Gasteiger partial charge in [-0.15, -0.1) is 0 Å². The summed E-state index contributed by atoms with van der Waals surface area (Å²) in [5.41, 5.74) is 0.469. The molecule has 1 aromatic carbocycles. The Morgan fingerprint density at radius 3 is 2.64 bits per heavy atom. The van der Waals surface area contributed by atoms with E-state index in [2.05, 4.69) is 10.4 Å². The maximum atomic E-state index is 11.9. The molecule has 2 atom stereocenters. The minimum Gasteiger partial charge on any atom is -0.388 e. The molecular weight excluding hydrogens is 284 g/mol. The minimum absolute atomic E-state index is 0.133. The van der Waals surface area contributed by atoms with E-state index < -0.39 is 6.10 Å². The van der Waals surface area contributed by atoms with Gasteiger partial charge in [-0.3, -0.25) is 9.36 Å². The average Bonchev–Trinajstić information content (AvgIpc) is 2.80. The highest BCUT2D eigenvalue weighted by molar-refractivity contribution is 5.75. The molecule has 0 radical (unpaired) electrons. The van der Waals surface area contributed by atoms with E-state index in [0.717, 1.165) is 10.2 Å². The van der Waals surface area contributed by atoms with Crippen LogP contribution < -0.4 is 11.0 Å². The Morgan fingerprint density at radius 2 is 2.05 bits per heavy atom. The van der Waals surface area contributed by atoms with Crippen molar-refractivity contribution in [1.82, 2.24) is 19.7 Å². The molecule has 7 heteroatoms. The Kier molecular flexibility index (Phi) is 5.11. The molecule has 0 aliphatic rings. The van der Waals surface area contributed by atoms with Gasteiger partial charge in [-0.05, 0) is 18.9 Å². The molecule has 1 heterocycles. The molecule has 118 valence electrons. The highest BCUT2D eigenvalue weighted by atomic mass is 16.3. The molecule has 2 unspecified atom stereocenters. The van der Waals surface area contributed by atoms with Crippen molar-refractivity contribution in [3.63, 3.8) is 0 Å². The third-order valence-electron chi connectivity index (χ3n) is 3.35. The first-order valence-electron chi connectivity index (χ1n) is 7.08. The van der Waals surface area contributed by atoms with Gasteiger partial charge in [0.25, 0.3) is 0 Å². The van der Waals surface area contributed by atoms with E-state index in [9.17, 15) is 14.7 Å². The van der Waals surface area contributed by atoms with Gasteiger partial charge in [-0.2, -0.15) is 5.10 Å². The number of amides is 1. The molecule has 2 rings (SSSR count). The first-order chi connectivity index (χ1) is 10.5. The van der Waals surface area contributed by atoms with Crippen LogP contribution in [0.1, 0.15) is 25.0 Å². The summed E-state index contributed by atoms with van der Waals surface area (Å²) in [6.07, 6.45) is 1.11. The number of benzene rings is 1. The van der Waals surface area contributed by atoms with Crippen LogP contribution >= 0.6 is 0 Å². The lowest BCUT2D eigenvalue weighted by Crippen LogP contribution is -2.38. The zero-order valence-corrected chi connectivity index (χ0v) is 12.6. The second-order valence-electron chi connectivity index (χ2n) is 5.31. The first-order valence-corrected chi connectivity index (χ1v) is 7.08.